The van der Waals surface area contributed by atoms with Gasteiger partial charge in [0.25, 0.3) is 0 Å². The van der Waals surface area contributed by atoms with Crippen LogP contribution in [0.4, 0.5) is 5.82 Å². The number of nitrogens with zero attached hydrogens (tertiary/aromatic N) is 2. The van der Waals surface area contributed by atoms with Crippen molar-refractivity contribution >= 4 is 5.82 Å². The second-order valence-corrected chi connectivity index (χ2v) is 4.11. The van der Waals surface area contributed by atoms with Gasteiger partial charge in [0.15, 0.2) is 0 Å². The lowest BCUT2D eigenvalue weighted by molar-refractivity contribution is 0.124. The normalized spacial score (nSPS) is 11.3. The van der Waals surface area contributed by atoms with E-state index in [1.807, 2.05) is 12.1 Å². The molecule has 0 spiro atoms. The standard InChI is InChI=1S/C12H21N3O/c1-10(2)15(7-8-16-3)9-11-5-4-6-12(13)14-11/h4-6,10H,7-9H2,1-3H3,(H2,13,14). The van der Waals surface area contributed by atoms with Gasteiger partial charge in [0.2, 0.25) is 0 Å². The summed E-state index contributed by atoms with van der Waals surface area (Å²) in [5, 5.41) is 0. The van der Waals surface area contributed by atoms with Crippen molar-refractivity contribution in [2.75, 3.05) is 26.0 Å². The third-order valence-corrected chi connectivity index (χ3v) is 2.51. The quantitative estimate of drug-likeness (QED) is 0.794. The molecule has 0 aliphatic rings. The number of nitrogens with two attached hydrogens (primary N) is 1. The van der Waals surface area contributed by atoms with E-state index in [9.17, 15) is 0 Å². The Balaban J connectivity index is 2.60. The van der Waals surface area contributed by atoms with Gasteiger partial charge in [-0.25, -0.2) is 4.98 Å². The number of aromatic nitrogens is 1. The Hall–Kier alpha value is -1.13. The minimum Gasteiger partial charge on any atom is -0.384 e. The van der Waals surface area contributed by atoms with Crippen LogP contribution in [0.15, 0.2) is 18.2 Å². The van der Waals surface area contributed by atoms with Crippen molar-refractivity contribution in [1.29, 1.82) is 0 Å². The highest BCUT2D eigenvalue weighted by Gasteiger charge is 2.10. The maximum Gasteiger partial charge on any atom is 0.123 e. The average molecular weight is 223 g/mol. The highest BCUT2D eigenvalue weighted by atomic mass is 16.5. The molecule has 0 aliphatic carbocycles. The molecular formula is C12H21N3O. The van der Waals surface area contributed by atoms with Crippen LogP contribution < -0.4 is 5.73 Å². The fraction of sp³-hybridized carbons (Fsp3) is 0.583. The molecule has 0 radical (unpaired) electrons. The molecule has 0 unspecified atom stereocenters. The number of ether oxygens (including phenoxy) is 1. The Morgan fingerprint density at radius 3 is 2.75 bits per heavy atom. The molecule has 0 saturated carbocycles. The summed E-state index contributed by atoms with van der Waals surface area (Å²) in [4.78, 5) is 6.61. The predicted molar refractivity (Wildman–Crippen MR) is 66.1 cm³/mol. The highest BCUT2D eigenvalue weighted by molar-refractivity contribution is 5.28. The van der Waals surface area contributed by atoms with E-state index in [-0.39, 0.29) is 0 Å². The number of methoxy groups -OCH3 is 1. The third kappa shape index (κ3) is 4.16. The summed E-state index contributed by atoms with van der Waals surface area (Å²) in [5.41, 5.74) is 6.66. The van der Waals surface area contributed by atoms with Crippen LogP contribution in [0, 0.1) is 0 Å². The van der Waals surface area contributed by atoms with Gasteiger partial charge in [-0.3, -0.25) is 4.90 Å². The van der Waals surface area contributed by atoms with E-state index in [0.717, 1.165) is 25.4 Å². The summed E-state index contributed by atoms with van der Waals surface area (Å²) < 4.78 is 5.10. The molecule has 1 rings (SSSR count). The number of hydrogen-bond acceptors (Lipinski definition) is 4. The first-order chi connectivity index (χ1) is 7.63. The Morgan fingerprint density at radius 1 is 1.44 bits per heavy atom. The molecular weight excluding hydrogens is 202 g/mol. The van der Waals surface area contributed by atoms with Crippen LogP contribution in [0.2, 0.25) is 0 Å². The number of hydrogen-bond donors (Lipinski definition) is 1. The van der Waals surface area contributed by atoms with Crippen LogP contribution in [-0.2, 0) is 11.3 Å². The highest BCUT2D eigenvalue weighted by Crippen LogP contribution is 2.07. The first kappa shape index (κ1) is 12.9. The first-order valence-electron chi connectivity index (χ1n) is 5.58. The molecule has 0 amide bonds. The second kappa shape index (κ2) is 6.45. The maximum atomic E-state index is 5.66. The molecule has 0 saturated heterocycles. The Bertz CT molecular complexity index is 315. The lowest BCUT2D eigenvalue weighted by Crippen LogP contribution is -2.33. The molecule has 1 aromatic heterocycles. The molecule has 90 valence electrons. The van der Waals surface area contributed by atoms with Crippen molar-refractivity contribution in [2.45, 2.75) is 26.4 Å². The zero-order chi connectivity index (χ0) is 12.0. The lowest BCUT2D eigenvalue weighted by atomic mass is 10.2. The number of anilines is 1. The summed E-state index contributed by atoms with van der Waals surface area (Å²) in [6, 6.07) is 6.21. The van der Waals surface area contributed by atoms with Crippen LogP contribution in [0.1, 0.15) is 19.5 Å². The zero-order valence-electron chi connectivity index (χ0n) is 10.3. The third-order valence-electron chi connectivity index (χ3n) is 2.51. The summed E-state index contributed by atoms with van der Waals surface area (Å²) in [7, 11) is 1.72. The maximum absolute atomic E-state index is 5.66. The average Bonchev–Trinajstić information content (AvgIpc) is 2.24. The SMILES string of the molecule is COCCN(Cc1cccc(N)n1)C(C)C. The van der Waals surface area contributed by atoms with Crippen molar-refractivity contribution in [3.8, 4) is 0 Å². The number of rotatable bonds is 6. The van der Waals surface area contributed by atoms with Crippen molar-refractivity contribution in [1.82, 2.24) is 9.88 Å². The molecule has 4 heteroatoms. The van der Waals surface area contributed by atoms with Crippen LogP contribution in [0.25, 0.3) is 0 Å². The van der Waals surface area contributed by atoms with Gasteiger partial charge in [-0.2, -0.15) is 0 Å². The van der Waals surface area contributed by atoms with E-state index < -0.39 is 0 Å². The van der Waals surface area contributed by atoms with Gasteiger partial charge in [0.05, 0.1) is 12.3 Å². The van der Waals surface area contributed by atoms with Gasteiger partial charge in [-0.1, -0.05) is 6.07 Å². The molecule has 0 bridgehead atoms. The van der Waals surface area contributed by atoms with Crippen molar-refractivity contribution < 1.29 is 4.74 Å². The summed E-state index contributed by atoms with van der Waals surface area (Å²) in [6.07, 6.45) is 0. The zero-order valence-corrected chi connectivity index (χ0v) is 10.3. The van der Waals surface area contributed by atoms with E-state index in [4.69, 9.17) is 10.5 Å². The largest absolute Gasteiger partial charge is 0.384 e. The molecule has 1 heterocycles. The van der Waals surface area contributed by atoms with Crippen molar-refractivity contribution in [3.05, 3.63) is 23.9 Å². The van der Waals surface area contributed by atoms with Gasteiger partial charge in [-0.15, -0.1) is 0 Å². The monoisotopic (exact) mass is 223 g/mol. The fourth-order valence-corrected chi connectivity index (χ4v) is 1.52. The molecule has 4 nitrogen and oxygen atoms in total. The predicted octanol–water partition coefficient (Wildman–Crippen LogP) is 1.52. The molecule has 0 atom stereocenters. The Morgan fingerprint density at radius 2 is 2.19 bits per heavy atom. The smallest absolute Gasteiger partial charge is 0.123 e. The van der Waals surface area contributed by atoms with Gasteiger partial charge in [-0.05, 0) is 26.0 Å². The molecule has 0 fully saturated rings. The molecule has 16 heavy (non-hydrogen) atoms. The van der Waals surface area contributed by atoms with E-state index in [1.54, 1.807) is 13.2 Å². The lowest BCUT2D eigenvalue weighted by Gasteiger charge is -2.25. The van der Waals surface area contributed by atoms with Crippen molar-refractivity contribution in [2.24, 2.45) is 0 Å². The van der Waals surface area contributed by atoms with Crippen LogP contribution in [0.3, 0.4) is 0 Å². The summed E-state index contributed by atoms with van der Waals surface area (Å²) in [5.74, 6) is 0.577. The number of nitrogen functional groups attached to an aromatic ring is 1. The van der Waals surface area contributed by atoms with Gasteiger partial charge >= 0.3 is 0 Å². The second-order valence-electron chi connectivity index (χ2n) is 4.11. The van der Waals surface area contributed by atoms with Gasteiger partial charge in [0.1, 0.15) is 5.82 Å². The topological polar surface area (TPSA) is 51.4 Å². The molecule has 1 aromatic rings. The van der Waals surface area contributed by atoms with E-state index in [0.29, 0.717) is 11.9 Å². The summed E-state index contributed by atoms with van der Waals surface area (Å²) >= 11 is 0. The number of pyridine rings is 1. The minimum absolute atomic E-state index is 0.471. The van der Waals surface area contributed by atoms with Gasteiger partial charge < -0.3 is 10.5 Å². The van der Waals surface area contributed by atoms with E-state index >= 15 is 0 Å². The van der Waals surface area contributed by atoms with E-state index in [2.05, 4.69) is 23.7 Å². The molecule has 2 N–H and O–H groups in total. The minimum atomic E-state index is 0.471. The fourth-order valence-electron chi connectivity index (χ4n) is 1.52. The molecule has 0 aromatic carbocycles. The van der Waals surface area contributed by atoms with Crippen LogP contribution >= 0.6 is 0 Å². The Kier molecular flexibility index (Phi) is 5.22. The van der Waals surface area contributed by atoms with Crippen molar-refractivity contribution in [3.63, 3.8) is 0 Å². The first-order valence-corrected chi connectivity index (χ1v) is 5.58. The van der Waals surface area contributed by atoms with Gasteiger partial charge in [0, 0.05) is 26.2 Å². The molecule has 0 aliphatic heterocycles. The van der Waals surface area contributed by atoms with Crippen LogP contribution in [0.5, 0.6) is 0 Å². The Labute approximate surface area is 97.4 Å². The van der Waals surface area contributed by atoms with Crippen LogP contribution in [-0.4, -0.2) is 36.2 Å². The van der Waals surface area contributed by atoms with E-state index in [1.165, 1.54) is 0 Å². The summed E-state index contributed by atoms with van der Waals surface area (Å²) in [6.45, 7) is 6.79.